The zero-order valence-electron chi connectivity index (χ0n) is 9.34. The molecule has 1 aliphatic rings. The molecule has 1 heterocycles. The molecule has 1 saturated carbocycles. The first-order chi connectivity index (χ1) is 8.31. The van der Waals surface area contributed by atoms with Crippen molar-refractivity contribution in [2.24, 2.45) is 5.73 Å². The monoisotopic (exact) mass is 230 g/mol. The van der Waals surface area contributed by atoms with E-state index in [2.05, 4.69) is 15.5 Å². The molecule has 1 aliphatic carbocycles. The zero-order chi connectivity index (χ0) is 11.7. The van der Waals surface area contributed by atoms with Gasteiger partial charge in [0.2, 0.25) is 12.3 Å². The summed E-state index contributed by atoms with van der Waals surface area (Å²) in [5.74, 6) is 0.541. The number of hydrogen-bond acceptors (Lipinski definition) is 5. The van der Waals surface area contributed by atoms with Gasteiger partial charge in [0, 0.05) is 23.3 Å². The molecule has 0 spiro atoms. The molecule has 1 aromatic heterocycles. The van der Waals surface area contributed by atoms with Gasteiger partial charge in [0.1, 0.15) is 0 Å². The first-order valence-electron chi connectivity index (χ1n) is 5.70. The summed E-state index contributed by atoms with van der Waals surface area (Å²) in [7, 11) is 0. The van der Waals surface area contributed by atoms with Crippen LogP contribution in [-0.2, 0) is 0 Å². The maximum Gasteiger partial charge on any atom is 0.247 e. The van der Waals surface area contributed by atoms with Gasteiger partial charge in [-0.3, -0.25) is 0 Å². The molecule has 0 radical (unpaired) electrons. The van der Waals surface area contributed by atoms with Crippen LogP contribution in [-0.4, -0.2) is 22.3 Å². The van der Waals surface area contributed by atoms with Crippen LogP contribution in [0.15, 0.2) is 35.1 Å². The van der Waals surface area contributed by atoms with Crippen LogP contribution in [0.25, 0.3) is 11.5 Å². The third kappa shape index (κ3) is 2.14. The minimum absolute atomic E-state index is 0.353. The van der Waals surface area contributed by atoms with Gasteiger partial charge in [-0.2, -0.15) is 0 Å². The fourth-order valence-electron chi connectivity index (χ4n) is 2.06. The Bertz CT molecular complexity index is 491. The summed E-state index contributed by atoms with van der Waals surface area (Å²) in [5, 5.41) is 11.0. The summed E-state index contributed by atoms with van der Waals surface area (Å²) in [6.07, 6.45) is 3.40. The van der Waals surface area contributed by atoms with Crippen molar-refractivity contribution in [2.45, 2.75) is 24.9 Å². The Morgan fingerprint density at radius 3 is 2.94 bits per heavy atom. The smallest absolute Gasteiger partial charge is 0.247 e. The molecule has 3 rings (SSSR count). The molecule has 88 valence electrons. The molecular formula is C12H14N4O. The van der Waals surface area contributed by atoms with E-state index in [1.807, 2.05) is 24.3 Å². The molecule has 0 unspecified atom stereocenters. The normalized spacial score (nSPS) is 23.1. The van der Waals surface area contributed by atoms with Gasteiger partial charge in [0.25, 0.3) is 0 Å². The summed E-state index contributed by atoms with van der Waals surface area (Å²) in [5.41, 5.74) is 7.75. The van der Waals surface area contributed by atoms with E-state index < -0.39 is 0 Å². The Morgan fingerprint density at radius 1 is 1.35 bits per heavy atom. The Kier molecular flexibility index (Phi) is 2.53. The molecule has 3 N–H and O–H groups in total. The molecule has 0 aliphatic heterocycles. The highest BCUT2D eigenvalue weighted by molar-refractivity contribution is 5.61. The van der Waals surface area contributed by atoms with Crippen molar-refractivity contribution in [1.29, 1.82) is 0 Å². The van der Waals surface area contributed by atoms with Gasteiger partial charge in [-0.15, -0.1) is 10.2 Å². The van der Waals surface area contributed by atoms with Gasteiger partial charge in [0.05, 0.1) is 0 Å². The fraction of sp³-hybridized carbons (Fsp3) is 0.333. The highest BCUT2D eigenvalue weighted by Gasteiger charge is 2.25. The zero-order valence-corrected chi connectivity index (χ0v) is 9.34. The fourth-order valence-corrected chi connectivity index (χ4v) is 2.06. The number of nitrogens with one attached hydrogen (secondary N) is 1. The molecule has 0 amide bonds. The first kappa shape index (κ1) is 10.3. The topological polar surface area (TPSA) is 77.0 Å². The lowest BCUT2D eigenvalue weighted by Gasteiger charge is -2.33. The lowest BCUT2D eigenvalue weighted by Crippen LogP contribution is -2.44. The van der Waals surface area contributed by atoms with Crippen molar-refractivity contribution in [3.63, 3.8) is 0 Å². The van der Waals surface area contributed by atoms with Crippen LogP contribution in [0.3, 0.4) is 0 Å². The molecule has 17 heavy (non-hydrogen) atoms. The van der Waals surface area contributed by atoms with Crippen LogP contribution in [0.4, 0.5) is 5.69 Å². The maximum atomic E-state index is 5.76. The average molecular weight is 230 g/mol. The van der Waals surface area contributed by atoms with Gasteiger partial charge in [-0.25, -0.2) is 0 Å². The van der Waals surface area contributed by atoms with Crippen molar-refractivity contribution in [2.75, 3.05) is 5.32 Å². The second-order valence-corrected chi connectivity index (χ2v) is 4.40. The van der Waals surface area contributed by atoms with E-state index in [-0.39, 0.29) is 0 Å². The van der Waals surface area contributed by atoms with E-state index in [1.165, 1.54) is 6.39 Å². The van der Waals surface area contributed by atoms with E-state index in [9.17, 15) is 0 Å². The minimum atomic E-state index is 0.353. The maximum absolute atomic E-state index is 5.76. The van der Waals surface area contributed by atoms with Crippen molar-refractivity contribution in [3.8, 4) is 11.5 Å². The van der Waals surface area contributed by atoms with Crippen LogP contribution < -0.4 is 11.1 Å². The highest BCUT2D eigenvalue weighted by atomic mass is 16.4. The standard InChI is InChI=1S/C12H14N4O/c13-9-5-11(6-9)15-10-3-1-2-8(4-10)12-16-14-7-17-12/h1-4,7,9,11,15H,5-6,13H2. The lowest BCUT2D eigenvalue weighted by molar-refractivity contribution is 0.373. The van der Waals surface area contributed by atoms with E-state index in [0.29, 0.717) is 18.0 Å². The lowest BCUT2D eigenvalue weighted by atomic mass is 9.87. The van der Waals surface area contributed by atoms with Crippen molar-refractivity contribution in [1.82, 2.24) is 10.2 Å². The van der Waals surface area contributed by atoms with Crippen LogP contribution in [0.5, 0.6) is 0 Å². The van der Waals surface area contributed by atoms with E-state index in [0.717, 1.165) is 24.1 Å². The van der Waals surface area contributed by atoms with Crippen molar-refractivity contribution in [3.05, 3.63) is 30.7 Å². The molecule has 2 aromatic rings. The first-order valence-corrected chi connectivity index (χ1v) is 5.70. The van der Waals surface area contributed by atoms with Crippen LogP contribution in [0.2, 0.25) is 0 Å². The second-order valence-electron chi connectivity index (χ2n) is 4.40. The molecule has 0 atom stereocenters. The summed E-state index contributed by atoms with van der Waals surface area (Å²) in [6.45, 7) is 0. The number of nitrogens with zero attached hydrogens (tertiary/aromatic N) is 2. The van der Waals surface area contributed by atoms with E-state index >= 15 is 0 Å². The number of aromatic nitrogens is 2. The summed E-state index contributed by atoms with van der Waals surface area (Å²) in [4.78, 5) is 0. The molecule has 1 fully saturated rings. The predicted molar refractivity (Wildman–Crippen MR) is 64.4 cm³/mol. The van der Waals surface area contributed by atoms with Gasteiger partial charge in [-0.1, -0.05) is 6.07 Å². The minimum Gasteiger partial charge on any atom is -0.423 e. The number of rotatable bonds is 3. The number of nitrogens with two attached hydrogens (primary N) is 1. The van der Waals surface area contributed by atoms with Gasteiger partial charge >= 0.3 is 0 Å². The largest absolute Gasteiger partial charge is 0.423 e. The Hall–Kier alpha value is -1.88. The molecule has 5 heteroatoms. The Balaban J connectivity index is 1.75. The number of anilines is 1. The predicted octanol–water partition coefficient (Wildman–Crippen LogP) is 1.64. The SMILES string of the molecule is NC1CC(Nc2cccc(-c3nnco3)c2)C1. The van der Waals surface area contributed by atoms with E-state index in [1.54, 1.807) is 0 Å². The van der Waals surface area contributed by atoms with E-state index in [4.69, 9.17) is 10.2 Å². The van der Waals surface area contributed by atoms with Crippen LogP contribution in [0.1, 0.15) is 12.8 Å². The third-order valence-electron chi connectivity index (χ3n) is 3.01. The van der Waals surface area contributed by atoms with Crippen molar-refractivity contribution >= 4 is 5.69 Å². The number of benzene rings is 1. The molecular weight excluding hydrogens is 216 g/mol. The molecule has 0 saturated heterocycles. The summed E-state index contributed by atoms with van der Waals surface area (Å²) in [6, 6.07) is 8.81. The molecule has 1 aromatic carbocycles. The Morgan fingerprint density at radius 2 is 2.24 bits per heavy atom. The second kappa shape index (κ2) is 4.18. The third-order valence-corrected chi connectivity index (χ3v) is 3.01. The average Bonchev–Trinajstić information content (AvgIpc) is 2.81. The van der Waals surface area contributed by atoms with Gasteiger partial charge in [0.15, 0.2) is 0 Å². The summed E-state index contributed by atoms with van der Waals surface area (Å²) < 4.78 is 5.17. The van der Waals surface area contributed by atoms with Crippen LogP contribution >= 0.6 is 0 Å². The van der Waals surface area contributed by atoms with Gasteiger partial charge in [-0.05, 0) is 31.0 Å². The van der Waals surface area contributed by atoms with Crippen molar-refractivity contribution < 1.29 is 4.42 Å². The number of hydrogen-bond donors (Lipinski definition) is 2. The highest BCUT2D eigenvalue weighted by Crippen LogP contribution is 2.25. The van der Waals surface area contributed by atoms with Gasteiger partial charge < -0.3 is 15.5 Å². The van der Waals surface area contributed by atoms with Crippen LogP contribution in [0, 0.1) is 0 Å². The Labute approximate surface area is 99.0 Å². The molecule has 0 bridgehead atoms. The quantitative estimate of drug-likeness (QED) is 0.838. The summed E-state index contributed by atoms with van der Waals surface area (Å²) >= 11 is 0. The molecule has 5 nitrogen and oxygen atoms in total.